The van der Waals surface area contributed by atoms with Crippen LogP contribution in [-0.4, -0.2) is 49.3 Å². The summed E-state index contributed by atoms with van der Waals surface area (Å²) in [6.45, 7) is 10.5. The van der Waals surface area contributed by atoms with Crippen molar-refractivity contribution in [3.8, 4) is 5.75 Å². The normalized spacial score (nSPS) is 20.9. The van der Waals surface area contributed by atoms with E-state index in [0.29, 0.717) is 0 Å². The molecule has 0 aromatic heterocycles. The lowest BCUT2D eigenvalue weighted by Gasteiger charge is -2.32. The van der Waals surface area contributed by atoms with Crippen LogP contribution < -0.4 is 9.64 Å². The molecule has 128 valence electrons. The molecule has 1 unspecified atom stereocenters. The Labute approximate surface area is 140 Å². The first kappa shape index (κ1) is 16.6. The Morgan fingerprint density at radius 1 is 1.26 bits per heavy atom. The van der Waals surface area contributed by atoms with Crippen molar-refractivity contribution in [2.24, 2.45) is 5.92 Å². The summed E-state index contributed by atoms with van der Waals surface area (Å²) in [6.07, 6.45) is 2.97. The fraction of sp³-hybridized carbons (Fsp3) is 0.684. The van der Waals surface area contributed by atoms with Crippen molar-refractivity contribution in [1.29, 1.82) is 0 Å². The van der Waals surface area contributed by atoms with Crippen molar-refractivity contribution in [1.82, 2.24) is 4.90 Å². The highest BCUT2D eigenvalue weighted by Gasteiger charge is 2.20. The number of ether oxygens (including phenoxy) is 1. The molecule has 1 aromatic rings. The van der Waals surface area contributed by atoms with Crippen molar-refractivity contribution < 1.29 is 9.84 Å². The zero-order chi connectivity index (χ0) is 16.2. The van der Waals surface area contributed by atoms with Gasteiger partial charge in [-0.25, -0.2) is 0 Å². The molecule has 1 fully saturated rings. The molecule has 0 bridgehead atoms. The summed E-state index contributed by atoms with van der Waals surface area (Å²) in [6, 6.07) is 6.18. The number of rotatable bonds is 5. The van der Waals surface area contributed by atoms with Crippen molar-refractivity contribution >= 4 is 5.69 Å². The molecule has 0 amide bonds. The summed E-state index contributed by atoms with van der Waals surface area (Å²) >= 11 is 0. The first-order chi connectivity index (χ1) is 11.2. The smallest absolute Gasteiger partial charge is 0.143 e. The van der Waals surface area contributed by atoms with E-state index in [4.69, 9.17) is 4.74 Å². The second kappa shape index (κ2) is 7.54. The number of anilines is 1. The molecular formula is C19H30N2O2. The Bertz CT molecular complexity index is 512. The number of piperidine rings is 1. The molecule has 2 aliphatic rings. The van der Waals surface area contributed by atoms with Crippen LogP contribution in [0.5, 0.6) is 5.75 Å². The minimum absolute atomic E-state index is 0.403. The van der Waals surface area contributed by atoms with Crippen molar-refractivity contribution in [3.63, 3.8) is 0 Å². The second-order valence-corrected chi connectivity index (χ2v) is 6.98. The number of benzene rings is 1. The van der Waals surface area contributed by atoms with Crippen LogP contribution in [0.25, 0.3) is 0 Å². The van der Waals surface area contributed by atoms with Gasteiger partial charge in [0.05, 0.1) is 18.3 Å². The highest BCUT2D eigenvalue weighted by atomic mass is 16.5. The first-order valence-corrected chi connectivity index (χ1v) is 9.09. The highest BCUT2D eigenvalue weighted by Crippen LogP contribution is 2.34. The SMILES string of the molecule is CCN1CCOc2cc(C(O)CCN3CCC(C)CC3)ccc21. The summed E-state index contributed by atoms with van der Waals surface area (Å²) in [5.74, 6) is 1.77. The predicted octanol–water partition coefficient (Wildman–Crippen LogP) is 3.06. The number of aliphatic hydroxyl groups excluding tert-OH is 1. The third-order valence-electron chi connectivity index (χ3n) is 5.30. The Balaban J connectivity index is 1.58. The topological polar surface area (TPSA) is 35.9 Å². The van der Waals surface area contributed by atoms with Crippen LogP contribution in [0.4, 0.5) is 5.69 Å². The van der Waals surface area contributed by atoms with Crippen molar-refractivity contribution in [2.75, 3.05) is 44.2 Å². The van der Waals surface area contributed by atoms with Gasteiger partial charge in [-0.15, -0.1) is 0 Å². The van der Waals surface area contributed by atoms with E-state index >= 15 is 0 Å². The molecule has 4 nitrogen and oxygen atoms in total. The van der Waals surface area contributed by atoms with Crippen LogP contribution in [0.3, 0.4) is 0 Å². The van der Waals surface area contributed by atoms with E-state index in [1.807, 2.05) is 6.07 Å². The molecule has 1 atom stereocenters. The van der Waals surface area contributed by atoms with Gasteiger partial charge in [0.25, 0.3) is 0 Å². The fourth-order valence-corrected chi connectivity index (χ4v) is 3.59. The van der Waals surface area contributed by atoms with Gasteiger partial charge in [0.2, 0.25) is 0 Å². The van der Waals surface area contributed by atoms with Crippen molar-refractivity contribution in [2.45, 2.75) is 39.2 Å². The first-order valence-electron chi connectivity index (χ1n) is 9.09. The maximum Gasteiger partial charge on any atom is 0.143 e. The van der Waals surface area contributed by atoms with Gasteiger partial charge >= 0.3 is 0 Å². The predicted molar refractivity (Wildman–Crippen MR) is 94.2 cm³/mol. The minimum Gasteiger partial charge on any atom is -0.490 e. The van der Waals surface area contributed by atoms with Gasteiger partial charge < -0.3 is 19.6 Å². The molecule has 0 aliphatic carbocycles. The van der Waals surface area contributed by atoms with Crippen LogP contribution in [0.2, 0.25) is 0 Å². The Kier molecular flexibility index (Phi) is 5.44. The van der Waals surface area contributed by atoms with E-state index in [1.54, 1.807) is 0 Å². The molecule has 0 spiro atoms. The molecule has 4 heteroatoms. The molecule has 1 aromatic carbocycles. The van der Waals surface area contributed by atoms with E-state index in [2.05, 4.69) is 35.8 Å². The van der Waals surface area contributed by atoms with Gasteiger partial charge in [0, 0.05) is 13.1 Å². The summed E-state index contributed by atoms with van der Waals surface area (Å²) in [5.41, 5.74) is 2.13. The van der Waals surface area contributed by atoms with Crippen LogP contribution >= 0.6 is 0 Å². The van der Waals surface area contributed by atoms with E-state index in [1.165, 1.54) is 25.9 Å². The Morgan fingerprint density at radius 2 is 2.04 bits per heavy atom. The molecule has 1 saturated heterocycles. The fourth-order valence-electron chi connectivity index (χ4n) is 3.59. The molecule has 0 radical (unpaired) electrons. The van der Waals surface area contributed by atoms with Crippen LogP contribution in [0, 0.1) is 5.92 Å². The lowest BCUT2D eigenvalue weighted by atomic mass is 9.98. The number of hydrogen-bond acceptors (Lipinski definition) is 4. The van der Waals surface area contributed by atoms with Gasteiger partial charge in [-0.2, -0.15) is 0 Å². The zero-order valence-electron chi connectivity index (χ0n) is 14.5. The number of fused-ring (bicyclic) bond motifs is 1. The average molecular weight is 318 g/mol. The third kappa shape index (κ3) is 3.99. The standard InChI is InChI=1S/C19H30N2O2/c1-3-21-12-13-23-19-14-16(4-5-17(19)21)18(22)8-11-20-9-6-15(2)7-10-20/h4-5,14-15,18,22H,3,6-13H2,1-2H3. The quantitative estimate of drug-likeness (QED) is 0.905. The van der Waals surface area contributed by atoms with Gasteiger partial charge in [-0.05, 0) is 62.9 Å². The lowest BCUT2D eigenvalue weighted by molar-refractivity contribution is 0.125. The number of nitrogens with zero attached hydrogens (tertiary/aromatic N) is 2. The summed E-state index contributed by atoms with van der Waals surface area (Å²) < 4.78 is 5.79. The van der Waals surface area contributed by atoms with Gasteiger partial charge in [0.15, 0.2) is 0 Å². The minimum atomic E-state index is -0.403. The van der Waals surface area contributed by atoms with Gasteiger partial charge in [-0.3, -0.25) is 0 Å². The third-order valence-corrected chi connectivity index (χ3v) is 5.30. The summed E-state index contributed by atoms with van der Waals surface area (Å²) in [4.78, 5) is 4.81. The van der Waals surface area contributed by atoms with E-state index in [0.717, 1.165) is 55.6 Å². The molecule has 0 saturated carbocycles. The highest BCUT2D eigenvalue weighted by molar-refractivity contribution is 5.61. The van der Waals surface area contributed by atoms with Gasteiger partial charge in [0.1, 0.15) is 12.4 Å². The summed E-state index contributed by atoms with van der Waals surface area (Å²) in [5, 5.41) is 10.5. The largest absolute Gasteiger partial charge is 0.490 e. The molecule has 3 rings (SSSR count). The Hall–Kier alpha value is -1.26. The Morgan fingerprint density at radius 3 is 2.78 bits per heavy atom. The van der Waals surface area contributed by atoms with Crippen molar-refractivity contribution in [3.05, 3.63) is 23.8 Å². The van der Waals surface area contributed by atoms with Crippen LogP contribution in [0.15, 0.2) is 18.2 Å². The van der Waals surface area contributed by atoms with Crippen LogP contribution in [0.1, 0.15) is 44.8 Å². The number of likely N-dealkylation sites (tertiary alicyclic amines) is 1. The van der Waals surface area contributed by atoms with E-state index in [-0.39, 0.29) is 0 Å². The molecular weight excluding hydrogens is 288 g/mol. The maximum absolute atomic E-state index is 10.5. The second-order valence-electron chi connectivity index (χ2n) is 6.98. The molecule has 23 heavy (non-hydrogen) atoms. The monoisotopic (exact) mass is 318 g/mol. The van der Waals surface area contributed by atoms with E-state index in [9.17, 15) is 5.11 Å². The number of hydrogen-bond donors (Lipinski definition) is 1. The number of aliphatic hydroxyl groups is 1. The maximum atomic E-state index is 10.5. The van der Waals surface area contributed by atoms with Crippen LogP contribution in [-0.2, 0) is 0 Å². The lowest BCUT2D eigenvalue weighted by Crippen LogP contribution is -2.34. The molecule has 2 aliphatic heterocycles. The zero-order valence-corrected chi connectivity index (χ0v) is 14.5. The molecule has 1 N–H and O–H groups in total. The summed E-state index contributed by atoms with van der Waals surface area (Å²) in [7, 11) is 0. The number of likely N-dealkylation sites (N-methyl/N-ethyl adjacent to an activating group) is 1. The average Bonchev–Trinajstić information content (AvgIpc) is 2.60. The van der Waals surface area contributed by atoms with E-state index < -0.39 is 6.10 Å². The van der Waals surface area contributed by atoms with Gasteiger partial charge in [-0.1, -0.05) is 13.0 Å². The molecule has 2 heterocycles.